The molecule has 0 saturated carbocycles. The van der Waals surface area contributed by atoms with Crippen molar-refractivity contribution in [1.29, 1.82) is 0 Å². The Morgan fingerprint density at radius 1 is 1.00 bits per heavy atom. The zero-order valence-corrected chi connectivity index (χ0v) is 14.0. The third-order valence-corrected chi connectivity index (χ3v) is 3.51. The van der Waals surface area contributed by atoms with Crippen molar-refractivity contribution in [3.63, 3.8) is 0 Å². The molecule has 0 aromatic heterocycles. The van der Waals surface area contributed by atoms with Crippen LogP contribution in [0.25, 0.3) is 0 Å². The van der Waals surface area contributed by atoms with E-state index in [2.05, 4.69) is 5.32 Å². The normalized spacial score (nSPS) is 11.4. The maximum atomic E-state index is 12.0. The molecule has 6 heteroatoms. The van der Waals surface area contributed by atoms with Crippen molar-refractivity contribution in [3.8, 4) is 11.5 Å². The van der Waals surface area contributed by atoms with Crippen molar-refractivity contribution in [2.45, 2.75) is 12.8 Å². The van der Waals surface area contributed by atoms with Gasteiger partial charge >= 0.3 is 5.97 Å². The average molecular weight is 343 g/mol. The summed E-state index contributed by atoms with van der Waals surface area (Å²) in [5, 5.41) is 11.9. The number of para-hydroxylation sites is 2. The molecule has 0 spiro atoms. The van der Waals surface area contributed by atoms with E-state index in [4.69, 9.17) is 9.47 Å². The van der Waals surface area contributed by atoms with E-state index in [-0.39, 0.29) is 13.2 Å². The van der Waals surface area contributed by atoms with Crippen LogP contribution in [0.4, 0.5) is 0 Å². The van der Waals surface area contributed by atoms with Gasteiger partial charge in [-0.3, -0.25) is 9.59 Å². The smallest absolute Gasteiger partial charge is 0.312 e. The van der Waals surface area contributed by atoms with Crippen molar-refractivity contribution in [2.75, 3.05) is 19.8 Å². The first kappa shape index (κ1) is 18.3. The van der Waals surface area contributed by atoms with Gasteiger partial charge in [0.2, 0.25) is 0 Å². The zero-order chi connectivity index (χ0) is 18.1. The number of hydrogen-bond donors (Lipinski definition) is 2. The number of ether oxygens (including phenoxy) is 2. The number of carbonyl (C=O) groups excluding carboxylic acids is 1. The highest BCUT2D eigenvalue weighted by atomic mass is 16.5. The summed E-state index contributed by atoms with van der Waals surface area (Å²) in [5.41, 5.74) is 0.637. The lowest BCUT2D eigenvalue weighted by atomic mass is 9.99. The number of carboxylic acids is 1. The minimum absolute atomic E-state index is 0.00531. The summed E-state index contributed by atoms with van der Waals surface area (Å²) < 4.78 is 10.9. The molecule has 25 heavy (non-hydrogen) atoms. The van der Waals surface area contributed by atoms with E-state index in [0.29, 0.717) is 23.7 Å². The predicted molar refractivity (Wildman–Crippen MR) is 92.9 cm³/mol. The van der Waals surface area contributed by atoms with E-state index >= 15 is 0 Å². The molecule has 0 heterocycles. The Hall–Kier alpha value is -3.02. The second kappa shape index (κ2) is 9.32. The Bertz CT molecular complexity index is 702. The largest absolute Gasteiger partial charge is 0.490 e. The van der Waals surface area contributed by atoms with E-state index in [0.717, 1.165) is 0 Å². The van der Waals surface area contributed by atoms with Gasteiger partial charge in [0, 0.05) is 6.54 Å². The van der Waals surface area contributed by atoms with Gasteiger partial charge in [-0.25, -0.2) is 0 Å². The van der Waals surface area contributed by atoms with Gasteiger partial charge in [-0.05, 0) is 24.6 Å². The topological polar surface area (TPSA) is 84.9 Å². The first-order valence-corrected chi connectivity index (χ1v) is 8.01. The average Bonchev–Trinajstić information content (AvgIpc) is 2.62. The van der Waals surface area contributed by atoms with Crippen LogP contribution in [0.15, 0.2) is 54.6 Å². The lowest BCUT2D eigenvalue weighted by Gasteiger charge is -2.15. The lowest BCUT2D eigenvalue weighted by molar-refractivity contribution is -0.138. The first-order chi connectivity index (χ1) is 12.1. The second-order valence-electron chi connectivity index (χ2n) is 5.27. The summed E-state index contributed by atoms with van der Waals surface area (Å²) in [5.74, 6) is -1.16. The number of carboxylic acid groups (broad SMARTS) is 1. The molecule has 0 fully saturated rings. The van der Waals surface area contributed by atoms with Gasteiger partial charge < -0.3 is 19.9 Å². The predicted octanol–water partition coefficient (Wildman–Crippen LogP) is 2.45. The lowest BCUT2D eigenvalue weighted by Crippen LogP contribution is -2.34. The molecule has 1 amide bonds. The third kappa shape index (κ3) is 5.53. The Morgan fingerprint density at radius 2 is 1.60 bits per heavy atom. The minimum atomic E-state index is -0.992. The Morgan fingerprint density at radius 3 is 2.20 bits per heavy atom. The number of aliphatic carboxylic acids is 1. The number of hydrogen-bond acceptors (Lipinski definition) is 4. The summed E-state index contributed by atoms with van der Waals surface area (Å²) in [4.78, 5) is 23.4. The molecule has 2 N–H and O–H groups in total. The van der Waals surface area contributed by atoms with Gasteiger partial charge in [-0.2, -0.15) is 0 Å². The molecule has 1 atom stereocenters. The van der Waals surface area contributed by atoms with Crippen molar-refractivity contribution in [3.05, 3.63) is 60.2 Å². The first-order valence-electron chi connectivity index (χ1n) is 8.01. The molecule has 1 unspecified atom stereocenters. The third-order valence-electron chi connectivity index (χ3n) is 3.51. The fourth-order valence-electron chi connectivity index (χ4n) is 2.29. The molecular weight excluding hydrogens is 322 g/mol. The quantitative estimate of drug-likeness (QED) is 0.730. The molecule has 0 radical (unpaired) electrons. The molecule has 0 aliphatic rings. The van der Waals surface area contributed by atoms with Crippen LogP contribution in [-0.4, -0.2) is 36.7 Å². The van der Waals surface area contributed by atoms with Gasteiger partial charge in [0.25, 0.3) is 5.91 Å². The van der Waals surface area contributed by atoms with Crippen LogP contribution >= 0.6 is 0 Å². The maximum absolute atomic E-state index is 12.0. The van der Waals surface area contributed by atoms with Gasteiger partial charge in [0.05, 0.1) is 12.5 Å². The Labute approximate surface area is 146 Å². The van der Waals surface area contributed by atoms with Gasteiger partial charge in [-0.1, -0.05) is 42.5 Å². The molecule has 6 nitrogen and oxygen atoms in total. The molecule has 132 valence electrons. The molecule has 2 rings (SSSR count). The van der Waals surface area contributed by atoms with Crippen molar-refractivity contribution < 1.29 is 24.2 Å². The summed E-state index contributed by atoms with van der Waals surface area (Å²) in [6, 6.07) is 15.8. The monoisotopic (exact) mass is 343 g/mol. The van der Waals surface area contributed by atoms with Crippen molar-refractivity contribution in [2.24, 2.45) is 0 Å². The van der Waals surface area contributed by atoms with E-state index in [1.807, 2.05) is 19.1 Å². The highest BCUT2D eigenvalue weighted by molar-refractivity contribution is 5.80. The highest BCUT2D eigenvalue weighted by Gasteiger charge is 2.20. The highest BCUT2D eigenvalue weighted by Crippen LogP contribution is 2.26. The summed E-state index contributed by atoms with van der Waals surface area (Å²) >= 11 is 0. The van der Waals surface area contributed by atoms with Gasteiger partial charge in [0.1, 0.15) is 0 Å². The van der Waals surface area contributed by atoms with E-state index in [9.17, 15) is 14.7 Å². The van der Waals surface area contributed by atoms with Gasteiger partial charge in [0.15, 0.2) is 18.1 Å². The molecule has 0 aliphatic carbocycles. The SMILES string of the molecule is CCOc1ccccc1OCC(=O)NCC(C(=O)O)c1ccccc1. The number of carbonyl (C=O) groups is 2. The standard InChI is InChI=1S/C19H21NO5/c1-2-24-16-10-6-7-11-17(16)25-13-18(21)20-12-15(19(22)23)14-8-4-3-5-9-14/h3-11,15H,2,12-13H2,1H3,(H,20,21)(H,22,23). The van der Waals surface area contributed by atoms with Crippen LogP contribution in [0.3, 0.4) is 0 Å². The van der Waals surface area contributed by atoms with Crippen molar-refractivity contribution >= 4 is 11.9 Å². The van der Waals surface area contributed by atoms with Crippen LogP contribution in [0.2, 0.25) is 0 Å². The fourth-order valence-corrected chi connectivity index (χ4v) is 2.29. The van der Waals surface area contributed by atoms with Gasteiger partial charge in [-0.15, -0.1) is 0 Å². The van der Waals surface area contributed by atoms with Crippen LogP contribution in [0, 0.1) is 0 Å². The molecule has 2 aromatic carbocycles. The fraction of sp³-hybridized carbons (Fsp3) is 0.263. The number of rotatable bonds is 9. The van der Waals surface area contributed by atoms with E-state index < -0.39 is 17.8 Å². The molecule has 0 bridgehead atoms. The van der Waals surface area contributed by atoms with Crippen molar-refractivity contribution in [1.82, 2.24) is 5.32 Å². The molecule has 0 saturated heterocycles. The zero-order valence-electron chi connectivity index (χ0n) is 14.0. The Balaban J connectivity index is 1.89. The van der Waals surface area contributed by atoms with Crippen LogP contribution in [0.5, 0.6) is 11.5 Å². The van der Waals surface area contributed by atoms with E-state index in [1.165, 1.54) is 0 Å². The van der Waals surface area contributed by atoms with E-state index in [1.54, 1.807) is 42.5 Å². The van der Waals surface area contributed by atoms with Crippen LogP contribution in [-0.2, 0) is 9.59 Å². The molecule has 0 aliphatic heterocycles. The Kier molecular flexibility index (Phi) is 6.83. The summed E-state index contributed by atoms with van der Waals surface area (Å²) in [6.45, 7) is 2.13. The number of nitrogens with one attached hydrogen (secondary N) is 1. The summed E-state index contributed by atoms with van der Waals surface area (Å²) in [7, 11) is 0. The molecule has 2 aromatic rings. The summed E-state index contributed by atoms with van der Waals surface area (Å²) in [6.07, 6.45) is 0. The van der Waals surface area contributed by atoms with Crippen LogP contribution < -0.4 is 14.8 Å². The molecular formula is C19H21NO5. The number of amides is 1. The number of benzene rings is 2. The second-order valence-corrected chi connectivity index (χ2v) is 5.27. The minimum Gasteiger partial charge on any atom is -0.490 e. The van der Waals surface area contributed by atoms with Crippen LogP contribution in [0.1, 0.15) is 18.4 Å². The maximum Gasteiger partial charge on any atom is 0.312 e.